The molecule has 0 fully saturated rings. The van der Waals surface area contributed by atoms with E-state index >= 15 is 0 Å². The van der Waals surface area contributed by atoms with Gasteiger partial charge in [-0.1, -0.05) is 19.6 Å². The van der Waals surface area contributed by atoms with Gasteiger partial charge in [0.2, 0.25) is 5.82 Å². The highest BCUT2D eigenvalue weighted by Crippen LogP contribution is 2.10. The lowest BCUT2D eigenvalue weighted by atomic mass is 10.6. The maximum atomic E-state index is 11.7. The first-order valence-corrected chi connectivity index (χ1v) is 11.1. The van der Waals surface area contributed by atoms with Gasteiger partial charge in [-0.05, 0) is 35.6 Å². The lowest BCUT2D eigenvalue weighted by Crippen LogP contribution is -2.22. The van der Waals surface area contributed by atoms with Crippen LogP contribution in [-0.4, -0.2) is 36.8 Å². The Morgan fingerprint density at radius 3 is 2.74 bits per heavy atom. The molecule has 0 aliphatic carbocycles. The molecule has 108 valence electrons. The molecule has 0 bridgehead atoms. The van der Waals surface area contributed by atoms with Gasteiger partial charge in [-0.25, -0.2) is 9.78 Å². The Morgan fingerprint density at radius 1 is 1.47 bits per heavy atom. The highest BCUT2D eigenvalue weighted by molar-refractivity contribution is 14.1. The predicted octanol–water partition coefficient (Wildman–Crippen LogP) is 2.98. The van der Waals surface area contributed by atoms with E-state index in [1.165, 1.54) is 0 Å². The van der Waals surface area contributed by atoms with Crippen LogP contribution in [0.3, 0.4) is 0 Å². The standard InChI is InChI=1S/C12H21IN2O3Si/c1-5-18-12(16)11-14-10(13)8-15(11)9-17-6-7-19(2,3)4/h8H,5-7,9H2,1-4H3. The third kappa shape index (κ3) is 6.04. The number of carbonyl (C=O) groups is 1. The number of nitrogens with zero attached hydrogens (tertiary/aromatic N) is 2. The van der Waals surface area contributed by atoms with Gasteiger partial charge >= 0.3 is 5.97 Å². The zero-order valence-electron chi connectivity index (χ0n) is 11.9. The van der Waals surface area contributed by atoms with Crippen molar-refractivity contribution in [2.24, 2.45) is 0 Å². The normalized spacial score (nSPS) is 11.6. The molecule has 5 nitrogen and oxygen atoms in total. The van der Waals surface area contributed by atoms with E-state index in [0.717, 1.165) is 9.74 Å². The first kappa shape index (κ1) is 16.6. The minimum Gasteiger partial charge on any atom is -0.460 e. The number of imidazole rings is 1. The third-order valence-corrected chi connectivity index (χ3v) is 4.66. The Kier molecular flexibility index (Phi) is 6.47. The minimum atomic E-state index is -1.08. The van der Waals surface area contributed by atoms with E-state index in [-0.39, 0.29) is 0 Å². The van der Waals surface area contributed by atoms with Crippen molar-refractivity contribution in [3.63, 3.8) is 0 Å². The fraction of sp³-hybridized carbons (Fsp3) is 0.667. The number of aromatic nitrogens is 2. The van der Waals surface area contributed by atoms with E-state index in [0.29, 0.717) is 25.8 Å². The molecule has 1 rings (SSSR count). The van der Waals surface area contributed by atoms with E-state index in [1.807, 2.05) is 0 Å². The maximum Gasteiger partial charge on any atom is 0.374 e. The van der Waals surface area contributed by atoms with Gasteiger partial charge in [0, 0.05) is 20.9 Å². The molecule has 0 aliphatic heterocycles. The summed E-state index contributed by atoms with van der Waals surface area (Å²) < 4.78 is 13.0. The molecule has 0 unspecified atom stereocenters. The maximum absolute atomic E-state index is 11.7. The van der Waals surface area contributed by atoms with Gasteiger partial charge < -0.3 is 14.0 Å². The quantitative estimate of drug-likeness (QED) is 0.308. The first-order chi connectivity index (χ1) is 8.83. The van der Waals surface area contributed by atoms with Crippen molar-refractivity contribution in [3.8, 4) is 0 Å². The van der Waals surface area contributed by atoms with Gasteiger partial charge in [-0.3, -0.25) is 0 Å². The summed E-state index contributed by atoms with van der Waals surface area (Å²) in [7, 11) is -1.08. The van der Waals surface area contributed by atoms with Gasteiger partial charge in [0.15, 0.2) is 0 Å². The number of hydrogen-bond acceptors (Lipinski definition) is 4. The second-order valence-electron chi connectivity index (χ2n) is 5.43. The van der Waals surface area contributed by atoms with E-state index < -0.39 is 14.0 Å². The second-order valence-corrected chi connectivity index (χ2v) is 12.2. The molecule has 0 atom stereocenters. The molecule has 1 aromatic rings. The van der Waals surface area contributed by atoms with Gasteiger partial charge in [-0.2, -0.15) is 0 Å². The van der Waals surface area contributed by atoms with E-state index in [9.17, 15) is 4.79 Å². The second kappa shape index (κ2) is 7.39. The molecule has 0 amide bonds. The largest absolute Gasteiger partial charge is 0.460 e. The molecular weight excluding hydrogens is 375 g/mol. The molecule has 19 heavy (non-hydrogen) atoms. The average molecular weight is 396 g/mol. The summed E-state index contributed by atoms with van der Waals surface area (Å²) in [4.78, 5) is 15.9. The van der Waals surface area contributed by atoms with Crippen molar-refractivity contribution >= 4 is 36.6 Å². The van der Waals surface area contributed by atoms with E-state index in [1.54, 1.807) is 17.7 Å². The average Bonchev–Trinajstić information content (AvgIpc) is 2.65. The zero-order valence-corrected chi connectivity index (χ0v) is 15.1. The Morgan fingerprint density at radius 2 is 2.16 bits per heavy atom. The lowest BCUT2D eigenvalue weighted by Gasteiger charge is -2.15. The third-order valence-electron chi connectivity index (χ3n) is 2.43. The molecule has 0 saturated heterocycles. The van der Waals surface area contributed by atoms with Crippen LogP contribution in [0.1, 0.15) is 17.5 Å². The van der Waals surface area contributed by atoms with Crippen LogP contribution in [0.2, 0.25) is 25.7 Å². The van der Waals surface area contributed by atoms with Crippen LogP contribution in [0.25, 0.3) is 0 Å². The number of hydrogen-bond donors (Lipinski definition) is 0. The van der Waals surface area contributed by atoms with Crippen molar-refractivity contribution in [1.82, 2.24) is 9.55 Å². The van der Waals surface area contributed by atoms with Crippen LogP contribution < -0.4 is 0 Å². The molecule has 7 heteroatoms. The molecule has 1 heterocycles. The molecule has 0 aliphatic rings. The molecular formula is C12H21IN2O3Si. The van der Waals surface area contributed by atoms with Crippen molar-refractivity contribution in [1.29, 1.82) is 0 Å². The Balaban J connectivity index is 2.56. The predicted molar refractivity (Wildman–Crippen MR) is 85.0 cm³/mol. The topological polar surface area (TPSA) is 53.3 Å². The smallest absolute Gasteiger partial charge is 0.374 e. The first-order valence-electron chi connectivity index (χ1n) is 6.31. The number of esters is 1. The number of halogens is 1. The van der Waals surface area contributed by atoms with Gasteiger partial charge in [0.1, 0.15) is 10.4 Å². The van der Waals surface area contributed by atoms with Gasteiger partial charge in [-0.15, -0.1) is 0 Å². The van der Waals surface area contributed by atoms with Crippen molar-refractivity contribution in [3.05, 3.63) is 15.7 Å². The summed E-state index contributed by atoms with van der Waals surface area (Å²) in [6, 6.07) is 1.10. The molecule has 0 radical (unpaired) electrons. The monoisotopic (exact) mass is 396 g/mol. The summed E-state index contributed by atoms with van der Waals surface area (Å²) in [5, 5.41) is 0. The van der Waals surface area contributed by atoms with Crippen LogP contribution in [0.5, 0.6) is 0 Å². The van der Waals surface area contributed by atoms with Crippen molar-refractivity contribution in [2.75, 3.05) is 13.2 Å². The van der Waals surface area contributed by atoms with Gasteiger partial charge in [0.25, 0.3) is 0 Å². The number of carbonyl (C=O) groups excluding carboxylic acids is 1. The zero-order chi connectivity index (χ0) is 14.5. The molecule has 0 spiro atoms. The summed E-state index contributed by atoms with van der Waals surface area (Å²) in [5.41, 5.74) is 0. The highest BCUT2D eigenvalue weighted by Gasteiger charge is 2.17. The fourth-order valence-corrected chi connectivity index (χ4v) is 2.70. The summed E-state index contributed by atoms with van der Waals surface area (Å²) in [5.74, 6) is -0.0986. The lowest BCUT2D eigenvalue weighted by molar-refractivity contribution is 0.0464. The Labute approximate surface area is 128 Å². The van der Waals surface area contributed by atoms with E-state index in [4.69, 9.17) is 9.47 Å². The summed E-state index contributed by atoms with van der Waals surface area (Å²) in [6.07, 6.45) is 1.79. The van der Waals surface area contributed by atoms with Crippen LogP contribution in [-0.2, 0) is 16.2 Å². The SMILES string of the molecule is CCOC(=O)c1nc(I)cn1COCC[Si](C)(C)C. The fourth-order valence-electron chi connectivity index (χ4n) is 1.38. The Bertz CT molecular complexity index is 429. The van der Waals surface area contributed by atoms with Crippen molar-refractivity contribution in [2.45, 2.75) is 39.3 Å². The van der Waals surface area contributed by atoms with E-state index in [2.05, 4.69) is 47.2 Å². The molecule has 0 N–H and O–H groups in total. The van der Waals surface area contributed by atoms with Crippen LogP contribution in [0, 0.1) is 3.70 Å². The van der Waals surface area contributed by atoms with Crippen LogP contribution in [0.4, 0.5) is 0 Å². The number of rotatable bonds is 7. The number of ether oxygens (including phenoxy) is 2. The molecule has 0 saturated carbocycles. The molecule has 1 aromatic heterocycles. The van der Waals surface area contributed by atoms with Crippen LogP contribution in [0.15, 0.2) is 6.20 Å². The van der Waals surface area contributed by atoms with Crippen molar-refractivity contribution < 1.29 is 14.3 Å². The summed E-state index contributed by atoms with van der Waals surface area (Å²) >= 11 is 2.07. The Hall–Kier alpha value is -0.413. The van der Waals surface area contributed by atoms with Gasteiger partial charge in [0.05, 0.1) is 6.61 Å². The van der Waals surface area contributed by atoms with Crippen LogP contribution >= 0.6 is 22.6 Å². The minimum absolute atomic E-state index is 0.305. The summed E-state index contributed by atoms with van der Waals surface area (Å²) in [6.45, 7) is 10.1. The molecule has 0 aromatic carbocycles. The highest BCUT2D eigenvalue weighted by atomic mass is 127.